The summed E-state index contributed by atoms with van der Waals surface area (Å²) in [6.07, 6.45) is 6.17. The molecule has 1 aromatic carbocycles. The van der Waals surface area contributed by atoms with Gasteiger partial charge < -0.3 is 5.32 Å². The molecule has 1 amide bonds. The first-order valence-electron chi connectivity index (χ1n) is 6.57. The highest BCUT2D eigenvalue weighted by Crippen LogP contribution is 2.20. The molecule has 21 heavy (non-hydrogen) atoms. The number of rotatable bonds is 5. The van der Waals surface area contributed by atoms with E-state index in [1.807, 2.05) is 0 Å². The summed E-state index contributed by atoms with van der Waals surface area (Å²) in [5.41, 5.74) is 1.24. The van der Waals surface area contributed by atoms with Crippen molar-refractivity contribution in [3.8, 4) is 0 Å². The van der Waals surface area contributed by atoms with Crippen LogP contribution in [-0.4, -0.2) is 20.9 Å². The Hall–Kier alpha value is -1.40. The number of carbonyl (C=O) groups is 1. The Morgan fingerprint density at radius 1 is 1.33 bits per heavy atom. The summed E-state index contributed by atoms with van der Waals surface area (Å²) in [7, 11) is 1.09. The monoisotopic (exact) mass is 331 g/mol. The maximum atomic E-state index is 13.4. The quantitative estimate of drug-likeness (QED) is 0.666. The lowest BCUT2D eigenvalue weighted by Gasteiger charge is -2.07. The van der Waals surface area contributed by atoms with E-state index >= 15 is 0 Å². The lowest BCUT2D eigenvalue weighted by atomic mass is 10.1. The van der Waals surface area contributed by atoms with Crippen molar-refractivity contribution in [3.63, 3.8) is 0 Å². The molecule has 2 rings (SSSR count). The molecule has 0 fully saturated rings. The van der Waals surface area contributed by atoms with Crippen LogP contribution in [0.5, 0.6) is 0 Å². The van der Waals surface area contributed by atoms with E-state index in [2.05, 4.69) is 11.4 Å². The number of allylic oxidation sites excluding steroid dienone is 1. The first kappa shape index (κ1) is 16.0. The fraction of sp³-hybridized carbons (Fsp3) is 0.357. The van der Waals surface area contributed by atoms with E-state index in [1.165, 1.54) is 5.57 Å². The van der Waals surface area contributed by atoms with Crippen molar-refractivity contribution in [3.05, 3.63) is 41.2 Å². The second kappa shape index (κ2) is 6.58. The minimum Gasteiger partial charge on any atom is -0.352 e. The summed E-state index contributed by atoms with van der Waals surface area (Å²) in [6.45, 7) is 0.435. The molecule has 1 aromatic rings. The van der Waals surface area contributed by atoms with Gasteiger partial charge in [-0.3, -0.25) is 4.79 Å². The molecule has 1 aliphatic carbocycles. The molecule has 0 unspecified atom stereocenters. The molecular formula is C14H15ClFNO3S. The highest BCUT2D eigenvalue weighted by atomic mass is 35.7. The zero-order chi connectivity index (χ0) is 15.5. The van der Waals surface area contributed by atoms with Crippen LogP contribution in [0, 0.1) is 5.82 Å². The van der Waals surface area contributed by atoms with Crippen LogP contribution < -0.4 is 5.32 Å². The Morgan fingerprint density at radius 3 is 2.71 bits per heavy atom. The van der Waals surface area contributed by atoms with Gasteiger partial charge in [0.25, 0.3) is 15.0 Å². The van der Waals surface area contributed by atoms with Gasteiger partial charge in [0.05, 0.1) is 4.90 Å². The summed E-state index contributed by atoms with van der Waals surface area (Å²) >= 11 is 0. The van der Waals surface area contributed by atoms with Crippen molar-refractivity contribution in [1.29, 1.82) is 0 Å². The maximum Gasteiger partial charge on any atom is 0.261 e. The van der Waals surface area contributed by atoms with E-state index in [1.54, 1.807) is 0 Å². The Bertz CT molecular complexity index is 685. The molecule has 0 spiro atoms. The van der Waals surface area contributed by atoms with Gasteiger partial charge in [0.2, 0.25) is 0 Å². The largest absolute Gasteiger partial charge is 0.352 e. The Morgan fingerprint density at radius 2 is 2.10 bits per heavy atom. The molecule has 1 aliphatic rings. The first-order chi connectivity index (χ1) is 9.86. The number of halogens is 2. The van der Waals surface area contributed by atoms with Crippen LogP contribution in [0.1, 0.15) is 36.0 Å². The Kier molecular flexibility index (Phi) is 5.00. The minimum atomic E-state index is -4.07. The second-order valence-electron chi connectivity index (χ2n) is 4.87. The number of carbonyl (C=O) groups excluding carboxylic acids is 1. The van der Waals surface area contributed by atoms with E-state index in [9.17, 15) is 17.6 Å². The minimum absolute atomic E-state index is 0.0605. The summed E-state index contributed by atoms with van der Waals surface area (Å²) in [4.78, 5) is 11.5. The molecule has 114 valence electrons. The van der Waals surface area contributed by atoms with Gasteiger partial charge >= 0.3 is 0 Å². The van der Waals surface area contributed by atoms with Crippen LogP contribution in [0.15, 0.2) is 34.7 Å². The van der Waals surface area contributed by atoms with E-state index in [0.717, 1.165) is 43.9 Å². The van der Waals surface area contributed by atoms with Gasteiger partial charge in [-0.25, -0.2) is 12.8 Å². The van der Waals surface area contributed by atoms with Crippen LogP contribution >= 0.6 is 10.7 Å². The van der Waals surface area contributed by atoms with Crippen LogP contribution in [0.2, 0.25) is 0 Å². The molecule has 0 heterocycles. The number of nitrogens with one attached hydrogen (secondary N) is 1. The van der Waals surface area contributed by atoms with Crippen LogP contribution in [0.25, 0.3) is 0 Å². The van der Waals surface area contributed by atoms with Crippen molar-refractivity contribution in [2.45, 2.75) is 30.6 Å². The standard InChI is InChI=1S/C14H15ClFNO3S/c15-21(19,20)13-8-11(7-12(16)9-13)14(18)17-6-5-10-3-1-2-4-10/h3,7-9H,1-2,4-6H2,(H,17,18). The molecule has 7 heteroatoms. The van der Waals surface area contributed by atoms with Crippen molar-refractivity contribution >= 4 is 25.6 Å². The highest BCUT2D eigenvalue weighted by Gasteiger charge is 2.16. The SMILES string of the molecule is O=C(NCCC1=CCCC1)c1cc(F)cc(S(=O)(=O)Cl)c1. The van der Waals surface area contributed by atoms with Gasteiger partial charge in [0.1, 0.15) is 5.82 Å². The molecule has 0 aliphatic heterocycles. The summed E-state index contributed by atoms with van der Waals surface area (Å²) in [6, 6.07) is 2.83. The molecule has 0 atom stereocenters. The second-order valence-corrected chi connectivity index (χ2v) is 7.44. The summed E-state index contributed by atoms with van der Waals surface area (Å²) < 4.78 is 35.8. The summed E-state index contributed by atoms with van der Waals surface area (Å²) in [5.74, 6) is -1.34. The molecule has 4 nitrogen and oxygen atoms in total. The molecular weight excluding hydrogens is 317 g/mol. The van der Waals surface area contributed by atoms with E-state index < -0.39 is 25.7 Å². The zero-order valence-corrected chi connectivity index (χ0v) is 12.8. The third-order valence-corrected chi connectivity index (χ3v) is 4.62. The number of benzene rings is 1. The third-order valence-electron chi connectivity index (χ3n) is 3.28. The van der Waals surface area contributed by atoms with E-state index in [-0.39, 0.29) is 5.56 Å². The first-order valence-corrected chi connectivity index (χ1v) is 8.88. The average Bonchev–Trinajstić information content (AvgIpc) is 2.90. The zero-order valence-electron chi connectivity index (χ0n) is 11.2. The predicted molar refractivity (Wildman–Crippen MR) is 78.3 cm³/mol. The van der Waals surface area contributed by atoms with Crippen molar-refractivity contribution < 1.29 is 17.6 Å². The molecule has 1 N–H and O–H groups in total. The Labute approximate surface area is 127 Å². The van der Waals surface area contributed by atoms with Gasteiger partial charge in [0, 0.05) is 22.8 Å². The van der Waals surface area contributed by atoms with Gasteiger partial charge in [-0.2, -0.15) is 0 Å². The van der Waals surface area contributed by atoms with Crippen LogP contribution in [0.3, 0.4) is 0 Å². The molecule has 0 saturated carbocycles. The maximum absolute atomic E-state index is 13.4. The van der Waals surface area contributed by atoms with E-state index in [4.69, 9.17) is 10.7 Å². The number of hydrogen-bond acceptors (Lipinski definition) is 3. The number of amides is 1. The third kappa shape index (κ3) is 4.54. The molecule has 0 radical (unpaired) electrons. The van der Waals surface area contributed by atoms with Gasteiger partial charge in [-0.15, -0.1) is 0 Å². The average molecular weight is 332 g/mol. The smallest absolute Gasteiger partial charge is 0.261 e. The van der Waals surface area contributed by atoms with Gasteiger partial charge in [-0.1, -0.05) is 11.6 Å². The Balaban J connectivity index is 2.03. The highest BCUT2D eigenvalue weighted by molar-refractivity contribution is 8.13. The van der Waals surface area contributed by atoms with Gasteiger partial charge in [-0.05, 0) is 43.9 Å². The topological polar surface area (TPSA) is 63.2 Å². The molecule has 0 bridgehead atoms. The fourth-order valence-electron chi connectivity index (χ4n) is 2.24. The van der Waals surface area contributed by atoms with Crippen molar-refractivity contribution in [2.75, 3.05) is 6.54 Å². The normalized spacial score (nSPS) is 14.9. The summed E-state index contributed by atoms with van der Waals surface area (Å²) in [5, 5.41) is 2.65. The van der Waals surface area contributed by atoms with E-state index in [0.29, 0.717) is 6.54 Å². The van der Waals surface area contributed by atoms with Crippen molar-refractivity contribution in [1.82, 2.24) is 5.32 Å². The lowest BCUT2D eigenvalue weighted by Crippen LogP contribution is -2.25. The fourth-order valence-corrected chi connectivity index (χ4v) is 3.03. The molecule has 0 saturated heterocycles. The van der Waals surface area contributed by atoms with Crippen LogP contribution in [0.4, 0.5) is 4.39 Å². The van der Waals surface area contributed by atoms with Crippen molar-refractivity contribution in [2.24, 2.45) is 0 Å². The molecule has 0 aromatic heterocycles. The lowest BCUT2D eigenvalue weighted by molar-refractivity contribution is 0.0953. The predicted octanol–water partition coefficient (Wildman–Crippen LogP) is 2.98. The van der Waals surface area contributed by atoms with Crippen LogP contribution in [-0.2, 0) is 9.05 Å². The van der Waals surface area contributed by atoms with Gasteiger partial charge in [0.15, 0.2) is 0 Å². The number of hydrogen-bond donors (Lipinski definition) is 1.